The number of aliphatic imine (C=N–C) groups is 2. The van der Waals surface area contributed by atoms with E-state index in [1.807, 2.05) is 13.8 Å². The van der Waals surface area contributed by atoms with Crippen LogP contribution >= 0.6 is 0 Å². The molecule has 1 rings (SSSR count). The summed E-state index contributed by atoms with van der Waals surface area (Å²) in [6.07, 6.45) is -2.78. The van der Waals surface area contributed by atoms with Crippen molar-refractivity contribution in [1.82, 2.24) is 4.90 Å². The number of carbonyl (C=O) groups is 3. The topological polar surface area (TPSA) is 201 Å². The molecule has 1 unspecified atom stereocenters. The van der Waals surface area contributed by atoms with E-state index in [2.05, 4.69) is 9.98 Å². The number of carboxylic acid groups (broad SMARTS) is 2. The molecule has 0 spiro atoms. The fraction of sp³-hybridized carbons (Fsp3) is 0.737. The van der Waals surface area contributed by atoms with Gasteiger partial charge in [0.25, 0.3) is 0 Å². The molecule has 1 aliphatic rings. The summed E-state index contributed by atoms with van der Waals surface area (Å²) in [5, 5.41) is 27.0. The van der Waals surface area contributed by atoms with Crippen LogP contribution in [0.4, 0.5) is 13.2 Å². The van der Waals surface area contributed by atoms with Gasteiger partial charge in [0.2, 0.25) is 5.91 Å². The zero-order valence-corrected chi connectivity index (χ0v) is 19.2. The second kappa shape index (κ2) is 13.6. The van der Waals surface area contributed by atoms with Gasteiger partial charge >= 0.3 is 18.1 Å². The first-order chi connectivity index (χ1) is 15.6. The number of aliphatic carboxylic acids is 2. The molecule has 0 heterocycles. The number of hydrogen-bond acceptors (Lipinski definition) is 7. The van der Waals surface area contributed by atoms with Gasteiger partial charge in [-0.15, -0.1) is 0 Å². The smallest absolute Gasteiger partial charge is 0.487 e. The van der Waals surface area contributed by atoms with Crippen molar-refractivity contribution in [2.24, 2.45) is 27.4 Å². The predicted octanol–water partition coefficient (Wildman–Crippen LogP) is 0.179. The summed E-state index contributed by atoms with van der Waals surface area (Å²) in [5.41, 5.74) is 8.92. The maximum Gasteiger partial charge on any atom is 0.490 e. The fourth-order valence-electron chi connectivity index (χ4n) is 3.48. The summed E-state index contributed by atoms with van der Waals surface area (Å²) < 4.78 is 36.6. The normalized spacial score (nSPS) is 22.9. The van der Waals surface area contributed by atoms with Crippen LogP contribution in [0.15, 0.2) is 9.98 Å². The van der Waals surface area contributed by atoms with Crippen LogP contribution in [0.25, 0.3) is 0 Å². The molecule has 196 valence electrons. The van der Waals surface area contributed by atoms with Crippen LogP contribution in [0, 0.1) is 5.92 Å². The van der Waals surface area contributed by atoms with Gasteiger partial charge in [-0.2, -0.15) is 13.2 Å². The van der Waals surface area contributed by atoms with E-state index in [0.717, 1.165) is 19.2 Å². The molecule has 0 aliphatic heterocycles. The molecule has 0 bridgehead atoms. The second-order valence-electron chi connectivity index (χ2n) is 7.59. The number of methoxy groups -OCH3 is 1. The molecule has 0 aromatic carbocycles. The third-order valence-corrected chi connectivity index (χ3v) is 4.85. The zero-order valence-electron chi connectivity index (χ0n) is 19.2. The summed E-state index contributed by atoms with van der Waals surface area (Å²) >= 11 is 0. The van der Waals surface area contributed by atoms with Crippen LogP contribution in [0.5, 0.6) is 0 Å². The van der Waals surface area contributed by atoms with Crippen molar-refractivity contribution in [3.05, 3.63) is 0 Å². The van der Waals surface area contributed by atoms with Gasteiger partial charge in [0.1, 0.15) is 6.04 Å². The van der Waals surface area contributed by atoms with Crippen LogP contribution in [-0.4, -0.2) is 94.5 Å². The van der Waals surface area contributed by atoms with Crippen molar-refractivity contribution in [3.8, 4) is 0 Å². The highest BCUT2D eigenvalue weighted by Gasteiger charge is 2.53. The number of alkyl halides is 3. The van der Waals surface area contributed by atoms with Crippen molar-refractivity contribution in [3.63, 3.8) is 0 Å². The van der Waals surface area contributed by atoms with Crippen molar-refractivity contribution in [2.45, 2.75) is 63.4 Å². The number of aliphatic hydroxyl groups is 1. The average Bonchev–Trinajstić information content (AvgIpc) is 3.04. The molecule has 15 heteroatoms. The minimum Gasteiger partial charge on any atom is -0.487 e. The minimum absolute atomic E-state index is 0.187. The van der Waals surface area contributed by atoms with E-state index < -0.39 is 41.7 Å². The first kappa shape index (κ1) is 30.9. The number of nitrogens with zero attached hydrogens (tertiary/aromatic N) is 3. The van der Waals surface area contributed by atoms with E-state index >= 15 is 0 Å². The Balaban J connectivity index is 0.00000135. The van der Waals surface area contributed by atoms with Gasteiger partial charge < -0.3 is 36.4 Å². The maximum absolute atomic E-state index is 13.1. The predicted molar refractivity (Wildman–Crippen MR) is 115 cm³/mol. The number of guanidine groups is 1. The Bertz CT molecular complexity index is 753. The van der Waals surface area contributed by atoms with E-state index in [1.54, 1.807) is 4.90 Å². The number of carboxylic acids is 2. The van der Waals surface area contributed by atoms with Gasteiger partial charge in [0.05, 0.1) is 13.2 Å². The highest BCUT2D eigenvalue weighted by molar-refractivity contribution is 5.85. The first-order valence-corrected chi connectivity index (χ1v) is 10.3. The maximum atomic E-state index is 13.1. The lowest BCUT2D eigenvalue weighted by atomic mass is 9.92. The van der Waals surface area contributed by atoms with Gasteiger partial charge in [0.15, 0.2) is 18.0 Å². The molecule has 1 saturated carbocycles. The molecular formula is C19H32F3N5O7. The van der Waals surface area contributed by atoms with Gasteiger partial charge in [0, 0.05) is 25.4 Å². The molecule has 0 radical (unpaired) electrons. The summed E-state index contributed by atoms with van der Waals surface area (Å²) in [6, 6.07) is -1.70. The Labute approximate surface area is 194 Å². The number of nitrogens with two attached hydrogens (primary N) is 2. The summed E-state index contributed by atoms with van der Waals surface area (Å²) in [5.74, 6) is -5.31. The standard InChI is InChI=1S/C17H31N5O5.C2HF3O2/c1-4-6-22(7-5-2)14(23)13(20-10-27-3)11-8-17(26,15(24)25)9-12(11)21-16(18)19;3-2(4,5)1(6)7/h10-13,26H,4-9H2,1-3H3,(H,24,25)(H4,18,19,21);(H,6,7)/t11-,12-,13?,17+;/m0./s1. The van der Waals surface area contributed by atoms with Crippen LogP contribution in [-0.2, 0) is 19.1 Å². The third kappa shape index (κ3) is 9.41. The van der Waals surface area contributed by atoms with E-state index in [1.165, 1.54) is 7.11 Å². The quantitative estimate of drug-likeness (QED) is 0.205. The van der Waals surface area contributed by atoms with Crippen molar-refractivity contribution in [1.29, 1.82) is 0 Å². The molecule has 12 nitrogen and oxygen atoms in total. The molecule has 0 aromatic rings. The summed E-state index contributed by atoms with van der Waals surface area (Å²) in [6.45, 7) is 5.03. The van der Waals surface area contributed by atoms with Gasteiger partial charge in [-0.1, -0.05) is 13.8 Å². The van der Waals surface area contributed by atoms with E-state index in [-0.39, 0.29) is 24.7 Å². The fourth-order valence-corrected chi connectivity index (χ4v) is 3.48. The lowest BCUT2D eigenvalue weighted by Gasteiger charge is -2.29. The van der Waals surface area contributed by atoms with Crippen molar-refractivity contribution >= 4 is 30.2 Å². The number of ether oxygens (including phenoxy) is 1. The number of carbonyl (C=O) groups excluding carboxylic acids is 1. The summed E-state index contributed by atoms with van der Waals surface area (Å²) in [7, 11) is 1.40. The van der Waals surface area contributed by atoms with Crippen molar-refractivity contribution < 1.29 is 47.6 Å². The van der Waals surface area contributed by atoms with Crippen LogP contribution < -0.4 is 11.5 Å². The van der Waals surface area contributed by atoms with Crippen molar-refractivity contribution in [2.75, 3.05) is 20.2 Å². The Kier molecular flexibility index (Phi) is 12.3. The lowest BCUT2D eigenvalue weighted by molar-refractivity contribution is -0.192. The van der Waals surface area contributed by atoms with Gasteiger partial charge in [-0.05, 0) is 19.3 Å². The molecule has 1 amide bonds. The molecular weight excluding hydrogens is 467 g/mol. The Morgan fingerprint density at radius 1 is 1.18 bits per heavy atom. The SMILES string of the molecule is CCCN(CCC)C(=O)C(N=COC)[C@H]1C[C@](O)(C(=O)O)C[C@@H]1N=C(N)N.O=C(O)C(F)(F)F. The lowest BCUT2D eigenvalue weighted by Crippen LogP contribution is -2.45. The minimum atomic E-state index is -5.08. The highest BCUT2D eigenvalue weighted by atomic mass is 19.4. The largest absolute Gasteiger partial charge is 0.490 e. The highest BCUT2D eigenvalue weighted by Crippen LogP contribution is 2.40. The number of rotatable bonds is 10. The third-order valence-electron chi connectivity index (χ3n) is 4.85. The average molecular weight is 499 g/mol. The monoisotopic (exact) mass is 499 g/mol. The summed E-state index contributed by atoms with van der Waals surface area (Å²) in [4.78, 5) is 43.5. The number of halogens is 3. The number of amides is 1. The molecule has 0 aromatic heterocycles. The van der Waals surface area contributed by atoms with E-state index in [4.69, 9.17) is 26.1 Å². The second-order valence-corrected chi connectivity index (χ2v) is 7.59. The molecule has 4 atom stereocenters. The molecule has 7 N–H and O–H groups in total. The molecule has 0 saturated heterocycles. The van der Waals surface area contributed by atoms with Crippen LogP contribution in [0.3, 0.4) is 0 Å². The van der Waals surface area contributed by atoms with E-state index in [0.29, 0.717) is 13.1 Å². The van der Waals surface area contributed by atoms with E-state index in [9.17, 15) is 33.0 Å². The Hall–Kier alpha value is -3.10. The molecule has 1 fully saturated rings. The first-order valence-electron chi connectivity index (χ1n) is 10.3. The van der Waals surface area contributed by atoms with Crippen LogP contribution in [0.2, 0.25) is 0 Å². The Morgan fingerprint density at radius 3 is 2.03 bits per heavy atom. The number of hydrogen-bond donors (Lipinski definition) is 5. The Morgan fingerprint density at radius 2 is 1.68 bits per heavy atom. The zero-order chi connectivity index (χ0) is 26.7. The molecule has 34 heavy (non-hydrogen) atoms. The van der Waals surface area contributed by atoms with Gasteiger partial charge in [-0.25, -0.2) is 19.6 Å². The molecule has 1 aliphatic carbocycles. The van der Waals surface area contributed by atoms with Gasteiger partial charge in [-0.3, -0.25) is 4.79 Å². The van der Waals surface area contributed by atoms with Crippen LogP contribution in [0.1, 0.15) is 39.5 Å².